The molecule has 7 nitrogen and oxygen atoms in total. The van der Waals surface area contributed by atoms with Gasteiger partial charge in [-0.2, -0.15) is 4.98 Å². The van der Waals surface area contributed by atoms with Crippen molar-refractivity contribution in [3.63, 3.8) is 0 Å². The van der Waals surface area contributed by atoms with Gasteiger partial charge >= 0.3 is 5.97 Å². The highest BCUT2D eigenvalue weighted by Crippen LogP contribution is 2.40. The zero-order valence-corrected chi connectivity index (χ0v) is 16.3. The van der Waals surface area contributed by atoms with E-state index in [1.807, 2.05) is 36.5 Å². The molecule has 0 unspecified atom stereocenters. The number of aromatic amines is 1. The van der Waals surface area contributed by atoms with Gasteiger partial charge in [0.2, 0.25) is 5.95 Å². The standard InChI is InChI=1S/C19H16IN5O2/c20-15-13(10-3-1-2-9(8-10)4-5-12(26)27)16-11(6-7-23-16)14-17(15)24-19(22)25-18(14)21/h1-3,6-8,23H,4-5H2,(H,26,27)(H4,21,22,24,25). The zero-order chi connectivity index (χ0) is 19.1. The second kappa shape index (κ2) is 6.69. The van der Waals surface area contributed by atoms with Gasteiger partial charge in [-0.25, -0.2) is 4.98 Å². The summed E-state index contributed by atoms with van der Waals surface area (Å²) in [6, 6.07) is 9.83. The number of hydrogen-bond donors (Lipinski definition) is 4. The highest BCUT2D eigenvalue weighted by molar-refractivity contribution is 14.1. The Morgan fingerprint density at radius 3 is 2.81 bits per heavy atom. The maximum atomic E-state index is 10.9. The monoisotopic (exact) mass is 473 g/mol. The number of rotatable bonds is 4. The van der Waals surface area contributed by atoms with Gasteiger partial charge in [0.15, 0.2) is 0 Å². The molecule has 0 aliphatic carbocycles. The molecule has 0 amide bonds. The minimum atomic E-state index is -0.810. The summed E-state index contributed by atoms with van der Waals surface area (Å²) in [7, 11) is 0. The molecule has 0 aliphatic heterocycles. The lowest BCUT2D eigenvalue weighted by molar-refractivity contribution is -0.136. The molecule has 0 saturated heterocycles. The second-order valence-corrected chi connectivity index (χ2v) is 7.32. The molecule has 2 heterocycles. The third-order valence-electron chi connectivity index (χ3n) is 4.49. The number of carboxylic acid groups (broad SMARTS) is 1. The van der Waals surface area contributed by atoms with Crippen LogP contribution in [0.1, 0.15) is 12.0 Å². The van der Waals surface area contributed by atoms with Crippen LogP contribution in [0, 0.1) is 3.57 Å². The van der Waals surface area contributed by atoms with Crippen molar-refractivity contribution in [1.82, 2.24) is 15.0 Å². The maximum absolute atomic E-state index is 10.9. The summed E-state index contributed by atoms with van der Waals surface area (Å²) in [5.41, 5.74) is 16.5. The molecule has 27 heavy (non-hydrogen) atoms. The van der Waals surface area contributed by atoms with Crippen LogP contribution < -0.4 is 11.5 Å². The molecule has 0 fully saturated rings. The van der Waals surface area contributed by atoms with E-state index in [-0.39, 0.29) is 12.4 Å². The van der Waals surface area contributed by atoms with Gasteiger partial charge in [0.05, 0.1) is 16.4 Å². The molecule has 0 atom stereocenters. The molecule has 4 rings (SSSR count). The van der Waals surface area contributed by atoms with Crippen LogP contribution >= 0.6 is 22.6 Å². The topological polar surface area (TPSA) is 131 Å². The van der Waals surface area contributed by atoms with Crippen LogP contribution in [0.15, 0.2) is 36.5 Å². The van der Waals surface area contributed by atoms with Gasteiger partial charge in [-0.1, -0.05) is 24.3 Å². The highest BCUT2D eigenvalue weighted by atomic mass is 127. The van der Waals surface area contributed by atoms with E-state index in [1.54, 1.807) is 0 Å². The summed E-state index contributed by atoms with van der Waals surface area (Å²) in [5, 5.41) is 10.6. The average molecular weight is 473 g/mol. The van der Waals surface area contributed by atoms with Crippen molar-refractivity contribution in [1.29, 1.82) is 0 Å². The van der Waals surface area contributed by atoms with Gasteiger partial charge in [-0.3, -0.25) is 4.79 Å². The Labute approximate surface area is 167 Å². The first-order chi connectivity index (χ1) is 13.0. The first kappa shape index (κ1) is 17.5. The first-order valence-corrected chi connectivity index (χ1v) is 9.36. The van der Waals surface area contributed by atoms with Crippen molar-refractivity contribution in [2.45, 2.75) is 12.8 Å². The Bertz CT molecular complexity index is 1200. The summed E-state index contributed by atoms with van der Waals surface area (Å²) in [4.78, 5) is 22.7. The highest BCUT2D eigenvalue weighted by Gasteiger charge is 2.19. The van der Waals surface area contributed by atoms with E-state index < -0.39 is 5.97 Å². The number of H-pyrrole nitrogens is 1. The van der Waals surface area contributed by atoms with Gasteiger partial charge in [-0.15, -0.1) is 0 Å². The molecule has 0 saturated carbocycles. The molecule has 0 radical (unpaired) electrons. The lowest BCUT2D eigenvalue weighted by Gasteiger charge is -2.13. The number of nitrogens with two attached hydrogens (primary N) is 2. The Kier molecular flexibility index (Phi) is 4.34. The molecule has 136 valence electrons. The van der Waals surface area contributed by atoms with E-state index in [0.717, 1.165) is 36.5 Å². The number of carboxylic acids is 1. The Hall–Kier alpha value is -2.88. The van der Waals surface area contributed by atoms with Crippen LogP contribution in [-0.4, -0.2) is 26.0 Å². The zero-order valence-electron chi connectivity index (χ0n) is 14.2. The number of aryl methyl sites for hydroxylation is 1. The molecule has 0 spiro atoms. The molecule has 2 aromatic heterocycles. The number of nitrogen functional groups attached to an aromatic ring is 2. The van der Waals surface area contributed by atoms with Crippen molar-refractivity contribution in [3.8, 4) is 11.1 Å². The first-order valence-electron chi connectivity index (χ1n) is 8.28. The number of nitrogens with zero attached hydrogens (tertiary/aromatic N) is 2. The lowest BCUT2D eigenvalue weighted by Crippen LogP contribution is -2.03. The van der Waals surface area contributed by atoms with Crippen molar-refractivity contribution < 1.29 is 9.90 Å². The number of carbonyl (C=O) groups is 1. The Morgan fingerprint density at radius 2 is 2.04 bits per heavy atom. The fraction of sp³-hybridized carbons (Fsp3) is 0.105. The summed E-state index contributed by atoms with van der Waals surface area (Å²) < 4.78 is 0.911. The van der Waals surface area contributed by atoms with Crippen LogP contribution in [0.25, 0.3) is 32.9 Å². The molecular weight excluding hydrogens is 457 g/mol. The van der Waals surface area contributed by atoms with Crippen molar-refractivity contribution in [2.75, 3.05) is 11.5 Å². The van der Waals surface area contributed by atoms with E-state index in [9.17, 15) is 4.79 Å². The Morgan fingerprint density at radius 1 is 1.22 bits per heavy atom. The van der Waals surface area contributed by atoms with Crippen LogP contribution in [0.5, 0.6) is 0 Å². The van der Waals surface area contributed by atoms with E-state index in [1.165, 1.54) is 0 Å². The molecule has 6 N–H and O–H groups in total. The largest absolute Gasteiger partial charge is 0.481 e. The Balaban J connectivity index is 1.99. The summed E-state index contributed by atoms with van der Waals surface area (Å²) in [5.74, 6) is -0.328. The second-order valence-electron chi connectivity index (χ2n) is 6.24. The smallest absolute Gasteiger partial charge is 0.303 e. The van der Waals surface area contributed by atoms with Gasteiger partial charge in [-0.05, 0) is 46.2 Å². The van der Waals surface area contributed by atoms with Gasteiger partial charge in [0.25, 0.3) is 0 Å². The SMILES string of the molecule is Nc1nc(N)c2c(n1)c(I)c(-c1cccc(CCC(=O)O)c1)c1[nH]ccc12. The number of aliphatic carboxylic acids is 1. The van der Waals surface area contributed by atoms with E-state index in [0.29, 0.717) is 17.8 Å². The number of anilines is 2. The van der Waals surface area contributed by atoms with Crippen LogP contribution in [-0.2, 0) is 11.2 Å². The number of hydrogen-bond acceptors (Lipinski definition) is 5. The maximum Gasteiger partial charge on any atom is 0.303 e. The van der Waals surface area contributed by atoms with Gasteiger partial charge < -0.3 is 21.6 Å². The number of benzene rings is 2. The summed E-state index contributed by atoms with van der Waals surface area (Å²) in [6.45, 7) is 0. The molecule has 8 heteroatoms. The number of halogens is 1. The van der Waals surface area contributed by atoms with Crippen LogP contribution in [0.2, 0.25) is 0 Å². The predicted octanol–water partition coefficient (Wildman–Crippen LogP) is 3.56. The van der Waals surface area contributed by atoms with Crippen LogP contribution in [0.4, 0.5) is 11.8 Å². The molecule has 0 aliphatic rings. The third-order valence-corrected chi connectivity index (χ3v) is 5.54. The normalized spacial score (nSPS) is 11.3. The molecular formula is C19H16IN5O2. The molecule has 2 aromatic carbocycles. The fourth-order valence-corrected chi connectivity index (χ4v) is 4.31. The van der Waals surface area contributed by atoms with Gasteiger partial charge in [0, 0.05) is 27.1 Å². The summed E-state index contributed by atoms with van der Waals surface area (Å²) >= 11 is 2.25. The predicted molar refractivity (Wildman–Crippen MR) is 114 cm³/mol. The minimum Gasteiger partial charge on any atom is -0.481 e. The molecule has 0 bridgehead atoms. The van der Waals surface area contributed by atoms with E-state index >= 15 is 0 Å². The summed E-state index contributed by atoms with van der Waals surface area (Å²) in [6.07, 6.45) is 2.42. The fourth-order valence-electron chi connectivity index (χ4n) is 3.34. The number of fused-ring (bicyclic) bond motifs is 3. The van der Waals surface area contributed by atoms with Crippen LogP contribution in [0.3, 0.4) is 0 Å². The van der Waals surface area contributed by atoms with Gasteiger partial charge in [0.1, 0.15) is 5.82 Å². The average Bonchev–Trinajstić information content (AvgIpc) is 3.09. The van der Waals surface area contributed by atoms with Crippen molar-refractivity contribution in [2.24, 2.45) is 0 Å². The third kappa shape index (κ3) is 3.05. The minimum absolute atomic E-state index is 0.0937. The van der Waals surface area contributed by atoms with E-state index in [2.05, 4.69) is 37.5 Å². The lowest BCUT2D eigenvalue weighted by atomic mass is 9.97. The van der Waals surface area contributed by atoms with Crippen molar-refractivity contribution >= 4 is 62.1 Å². The van der Waals surface area contributed by atoms with Crippen molar-refractivity contribution in [3.05, 3.63) is 45.7 Å². The quantitative estimate of drug-likeness (QED) is 0.336. The molecule has 4 aromatic rings. The van der Waals surface area contributed by atoms with E-state index in [4.69, 9.17) is 16.6 Å². The number of aromatic nitrogens is 3. The number of nitrogens with one attached hydrogen (secondary N) is 1.